The number of nitrogens with one attached hydrogen (secondary N) is 1. The van der Waals surface area contributed by atoms with Crippen molar-refractivity contribution in [3.63, 3.8) is 0 Å². The summed E-state index contributed by atoms with van der Waals surface area (Å²) in [5.41, 5.74) is 0.721. The van der Waals surface area contributed by atoms with E-state index in [4.69, 9.17) is 0 Å². The van der Waals surface area contributed by atoms with Crippen LogP contribution in [0.25, 0.3) is 0 Å². The van der Waals surface area contributed by atoms with E-state index < -0.39 is 10.8 Å². The van der Waals surface area contributed by atoms with Gasteiger partial charge in [-0.3, -0.25) is 8.89 Å². The molecule has 0 saturated carbocycles. The minimum absolute atomic E-state index is 0.0837. The first-order valence-electron chi connectivity index (χ1n) is 7.93. The van der Waals surface area contributed by atoms with Gasteiger partial charge in [-0.15, -0.1) is 0 Å². The standard InChI is InChI=1S/C16H21N5O2S/c1-24(23)15-4-2-14(3-5-15)19-16(22)20-8-6-13(7-9-20)10-21-12-17-11-18-21/h2-5,11-13H,6-10H2,1H3,(H,19,22)/t24-/m1/s1. The third-order valence-corrected chi connectivity index (χ3v) is 5.19. The van der Waals surface area contributed by atoms with E-state index in [1.807, 2.05) is 9.58 Å². The smallest absolute Gasteiger partial charge is 0.321 e. The van der Waals surface area contributed by atoms with E-state index >= 15 is 0 Å². The van der Waals surface area contributed by atoms with Crippen molar-refractivity contribution in [2.45, 2.75) is 24.3 Å². The fraction of sp³-hybridized carbons (Fsp3) is 0.438. The van der Waals surface area contributed by atoms with Gasteiger partial charge in [-0.2, -0.15) is 5.10 Å². The Balaban J connectivity index is 1.49. The normalized spacial score (nSPS) is 16.8. The summed E-state index contributed by atoms with van der Waals surface area (Å²) in [4.78, 5) is 18.9. The van der Waals surface area contributed by atoms with Crippen molar-refractivity contribution in [2.24, 2.45) is 5.92 Å². The molecule has 8 heteroatoms. The Bertz CT molecular complexity index is 694. The van der Waals surface area contributed by atoms with Gasteiger partial charge in [0.25, 0.3) is 0 Å². The van der Waals surface area contributed by atoms with Crippen LogP contribution in [-0.2, 0) is 17.3 Å². The van der Waals surface area contributed by atoms with Crippen molar-refractivity contribution in [1.82, 2.24) is 19.7 Å². The monoisotopic (exact) mass is 347 g/mol. The Morgan fingerprint density at radius 3 is 2.58 bits per heavy atom. The number of nitrogens with zero attached hydrogens (tertiary/aromatic N) is 4. The van der Waals surface area contributed by atoms with Gasteiger partial charge in [0.2, 0.25) is 0 Å². The zero-order valence-electron chi connectivity index (χ0n) is 13.6. The molecule has 1 aliphatic rings. The van der Waals surface area contributed by atoms with E-state index in [9.17, 15) is 9.00 Å². The maximum absolute atomic E-state index is 12.3. The number of aromatic nitrogens is 3. The molecule has 2 heterocycles. The second kappa shape index (κ2) is 7.57. The molecule has 2 aromatic rings. The van der Waals surface area contributed by atoms with Crippen LogP contribution in [0.5, 0.6) is 0 Å². The lowest BCUT2D eigenvalue weighted by atomic mass is 9.97. The lowest BCUT2D eigenvalue weighted by Crippen LogP contribution is -2.41. The lowest BCUT2D eigenvalue weighted by Gasteiger charge is -2.31. The van der Waals surface area contributed by atoms with Crippen LogP contribution in [0, 0.1) is 5.92 Å². The molecule has 1 saturated heterocycles. The molecule has 0 aliphatic carbocycles. The van der Waals surface area contributed by atoms with E-state index in [1.54, 1.807) is 43.2 Å². The van der Waals surface area contributed by atoms with Gasteiger partial charge in [-0.25, -0.2) is 9.78 Å². The number of likely N-dealkylation sites (tertiary alicyclic amines) is 1. The van der Waals surface area contributed by atoms with Crippen LogP contribution in [0.4, 0.5) is 10.5 Å². The van der Waals surface area contributed by atoms with Crippen molar-refractivity contribution >= 4 is 22.5 Å². The minimum atomic E-state index is -1.01. The number of anilines is 1. The van der Waals surface area contributed by atoms with E-state index in [1.165, 1.54) is 0 Å². The van der Waals surface area contributed by atoms with E-state index in [-0.39, 0.29) is 6.03 Å². The summed E-state index contributed by atoms with van der Waals surface area (Å²) in [6.45, 7) is 2.33. The zero-order valence-corrected chi connectivity index (χ0v) is 14.4. The number of rotatable bonds is 4. The Labute approximate surface area is 143 Å². The summed E-state index contributed by atoms with van der Waals surface area (Å²) in [6.07, 6.45) is 6.83. The topological polar surface area (TPSA) is 80.1 Å². The second-order valence-corrected chi connectivity index (χ2v) is 7.34. The molecule has 0 spiro atoms. The van der Waals surface area contributed by atoms with Crippen LogP contribution in [0.3, 0.4) is 0 Å². The number of benzene rings is 1. The Morgan fingerprint density at radius 2 is 2.00 bits per heavy atom. The summed E-state index contributed by atoms with van der Waals surface area (Å²) in [5, 5.41) is 7.03. The van der Waals surface area contributed by atoms with Gasteiger partial charge in [0.1, 0.15) is 12.7 Å². The van der Waals surface area contributed by atoms with Crippen molar-refractivity contribution in [1.29, 1.82) is 0 Å². The fourth-order valence-electron chi connectivity index (χ4n) is 2.84. The molecule has 2 amide bonds. The van der Waals surface area contributed by atoms with Gasteiger partial charge < -0.3 is 10.2 Å². The first kappa shape index (κ1) is 16.6. The van der Waals surface area contributed by atoms with E-state index in [2.05, 4.69) is 15.4 Å². The van der Waals surface area contributed by atoms with Crippen molar-refractivity contribution in [3.8, 4) is 0 Å². The second-order valence-electron chi connectivity index (χ2n) is 5.96. The Kier molecular flexibility index (Phi) is 5.24. The molecule has 1 atom stereocenters. The predicted molar refractivity (Wildman–Crippen MR) is 92.1 cm³/mol. The zero-order chi connectivity index (χ0) is 16.9. The molecular formula is C16H21N5O2S. The van der Waals surface area contributed by atoms with Gasteiger partial charge in [0.15, 0.2) is 0 Å². The van der Waals surface area contributed by atoms with Gasteiger partial charge in [0.05, 0.1) is 0 Å². The molecule has 24 heavy (non-hydrogen) atoms. The summed E-state index contributed by atoms with van der Waals surface area (Å²) in [6, 6.07) is 7.03. The first-order valence-corrected chi connectivity index (χ1v) is 9.49. The SMILES string of the molecule is C[S@@](=O)c1ccc(NC(=O)N2CCC(Cn3cncn3)CC2)cc1. The molecule has 0 radical (unpaired) electrons. The maximum Gasteiger partial charge on any atom is 0.321 e. The Morgan fingerprint density at radius 1 is 1.29 bits per heavy atom. The Hall–Kier alpha value is -2.22. The molecule has 1 aliphatic heterocycles. The van der Waals surface area contributed by atoms with Crippen LogP contribution in [0.2, 0.25) is 0 Å². The molecule has 3 rings (SSSR count). The van der Waals surface area contributed by atoms with Crippen molar-refractivity contribution in [3.05, 3.63) is 36.9 Å². The largest absolute Gasteiger partial charge is 0.325 e. The number of hydrogen-bond acceptors (Lipinski definition) is 4. The molecule has 1 aromatic carbocycles. The molecule has 0 bridgehead atoms. The average molecular weight is 347 g/mol. The average Bonchev–Trinajstić information content (AvgIpc) is 3.09. The molecule has 1 fully saturated rings. The van der Waals surface area contributed by atoms with Crippen LogP contribution in [0.1, 0.15) is 12.8 Å². The predicted octanol–water partition coefficient (Wildman–Crippen LogP) is 1.96. The summed E-state index contributed by atoms with van der Waals surface area (Å²) in [5.74, 6) is 0.523. The van der Waals surface area contributed by atoms with Crippen molar-refractivity contribution < 1.29 is 9.00 Å². The summed E-state index contributed by atoms with van der Waals surface area (Å²) >= 11 is 0. The number of piperidine rings is 1. The fourth-order valence-corrected chi connectivity index (χ4v) is 3.36. The molecule has 128 valence electrons. The molecule has 1 aromatic heterocycles. The number of amides is 2. The highest BCUT2D eigenvalue weighted by molar-refractivity contribution is 7.84. The van der Waals surface area contributed by atoms with Crippen LogP contribution in [-0.4, -0.2) is 49.2 Å². The lowest BCUT2D eigenvalue weighted by molar-refractivity contribution is 0.175. The quantitative estimate of drug-likeness (QED) is 0.917. The molecule has 1 N–H and O–H groups in total. The highest BCUT2D eigenvalue weighted by Crippen LogP contribution is 2.20. The molecule has 7 nitrogen and oxygen atoms in total. The van der Waals surface area contributed by atoms with Gasteiger partial charge in [-0.1, -0.05) is 0 Å². The van der Waals surface area contributed by atoms with Crippen LogP contribution >= 0.6 is 0 Å². The number of carbonyl (C=O) groups is 1. The number of hydrogen-bond donors (Lipinski definition) is 1. The highest BCUT2D eigenvalue weighted by Gasteiger charge is 2.23. The first-order chi connectivity index (χ1) is 11.6. The third-order valence-electron chi connectivity index (χ3n) is 4.25. The number of urea groups is 1. The highest BCUT2D eigenvalue weighted by atomic mass is 32.2. The van der Waals surface area contributed by atoms with E-state index in [0.29, 0.717) is 5.92 Å². The minimum Gasteiger partial charge on any atom is -0.325 e. The van der Waals surface area contributed by atoms with Crippen LogP contribution in [0.15, 0.2) is 41.8 Å². The maximum atomic E-state index is 12.3. The molecule has 0 unspecified atom stereocenters. The summed E-state index contributed by atoms with van der Waals surface area (Å²) < 4.78 is 13.2. The summed E-state index contributed by atoms with van der Waals surface area (Å²) in [7, 11) is -1.01. The van der Waals surface area contributed by atoms with Crippen molar-refractivity contribution in [2.75, 3.05) is 24.7 Å². The van der Waals surface area contributed by atoms with E-state index in [0.717, 1.165) is 43.1 Å². The van der Waals surface area contributed by atoms with Crippen LogP contribution < -0.4 is 5.32 Å². The molecular weight excluding hydrogens is 326 g/mol. The van der Waals surface area contributed by atoms with Gasteiger partial charge >= 0.3 is 6.03 Å². The number of carbonyl (C=O) groups excluding carboxylic acids is 1. The van der Waals surface area contributed by atoms with Gasteiger partial charge in [-0.05, 0) is 43.0 Å². The van der Waals surface area contributed by atoms with Gasteiger partial charge in [0, 0.05) is 47.3 Å². The third kappa shape index (κ3) is 4.19.